The zero-order valence-electron chi connectivity index (χ0n) is 19.5. The first kappa shape index (κ1) is 24.2. The summed E-state index contributed by atoms with van der Waals surface area (Å²) in [6.07, 6.45) is 5.18. The molecule has 1 aliphatic rings. The van der Waals surface area contributed by atoms with Crippen molar-refractivity contribution in [1.29, 1.82) is 0 Å². The van der Waals surface area contributed by atoms with Gasteiger partial charge < -0.3 is 15.1 Å². The number of para-hydroxylation sites is 1. The molecular weight excluding hydrogens is 449 g/mol. The molecule has 2 aromatic carbocycles. The van der Waals surface area contributed by atoms with Crippen molar-refractivity contribution in [3.63, 3.8) is 0 Å². The molecule has 4 rings (SSSR count). The zero-order chi connectivity index (χ0) is 24.8. The third-order valence-electron chi connectivity index (χ3n) is 6.18. The minimum Gasteiger partial charge on any atom is -0.459 e. The Morgan fingerprint density at radius 2 is 1.74 bits per heavy atom. The van der Waals surface area contributed by atoms with Crippen molar-refractivity contribution in [3.8, 4) is 0 Å². The minimum atomic E-state index is -1.05. The molecule has 8 heteroatoms. The van der Waals surface area contributed by atoms with Crippen LogP contribution in [0.2, 0.25) is 0 Å². The number of furan rings is 1. The fourth-order valence-corrected chi connectivity index (χ4v) is 4.40. The number of nitrogens with one attached hydrogen (secondary N) is 2. The number of anilines is 1. The maximum atomic E-state index is 13.7. The Labute approximate surface area is 203 Å². The van der Waals surface area contributed by atoms with Crippen LogP contribution in [0.15, 0.2) is 71.3 Å². The van der Waals surface area contributed by atoms with Crippen LogP contribution in [0, 0.1) is 12.7 Å². The molecule has 1 fully saturated rings. The van der Waals surface area contributed by atoms with Crippen molar-refractivity contribution in [2.45, 2.75) is 44.7 Å². The van der Waals surface area contributed by atoms with E-state index >= 15 is 0 Å². The van der Waals surface area contributed by atoms with Crippen LogP contribution in [0.4, 0.5) is 10.1 Å². The number of carbonyl (C=O) groups excluding carboxylic acids is 3. The van der Waals surface area contributed by atoms with E-state index in [0.29, 0.717) is 11.3 Å². The SMILES string of the molecule is Cc1ccccc1N(C(=O)CNC(=O)c1ccco1)C(C(=O)NC1CCCC1)c1ccc(F)cc1. The normalized spacial score (nSPS) is 14.3. The van der Waals surface area contributed by atoms with Crippen LogP contribution < -0.4 is 15.5 Å². The van der Waals surface area contributed by atoms with E-state index in [1.54, 1.807) is 18.2 Å². The molecule has 0 bridgehead atoms. The molecule has 1 unspecified atom stereocenters. The Kier molecular flexibility index (Phi) is 7.60. The standard InChI is InChI=1S/C27H28FN3O4/c1-18-7-2-5-10-22(18)31(24(32)17-29-26(33)23-11-6-16-35-23)25(19-12-14-20(28)15-13-19)27(34)30-21-8-3-4-9-21/h2,5-7,10-16,21,25H,3-4,8-9,17H2,1H3,(H,29,33)(H,30,34). The molecule has 35 heavy (non-hydrogen) atoms. The Balaban J connectivity index is 1.69. The summed E-state index contributed by atoms with van der Waals surface area (Å²) < 4.78 is 18.8. The van der Waals surface area contributed by atoms with E-state index in [4.69, 9.17) is 4.42 Å². The van der Waals surface area contributed by atoms with Gasteiger partial charge in [0.25, 0.3) is 5.91 Å². The van der Waals surface area contributed by atoms with Gasteiger partial charge in [0.2, 0.25) is 11.8 Å². The van der Waals surface area contributed by atoms with Gasteiger partial charge >= 0.3 is 0 Å². The molecule has 3 amide bonds. The molecule has 1 aromatic heterocycles. The van der Waals surface area contributed by atoms with E-state index in [1.165, 1.54) is 41.5 Å². The van der Waals surface area contributed by atoms with E-state index in [9.17, 15) is 18.8 Å². The molecule has 1 heterocycles. The van der Waals surface area contributed by atoms with Gasteiger partial charge in [0, 0.05) is 11.7 Å². The quantitative estimate of drug-likeness (QED) is 0.506. The summed E-state index contributed by atoms with van der Waals surface area (Å²) >= 11 is 0. The van der Waals surface area contributed by atoms with Crippen molar-refractivity contribution in [3.05, 3.63) is 89.6 Å². The van der Waals surface area contributed by atoms with E-state index in [0.717, 1.165) is 31.2 Å². The first-order valence-corrected chi connectivity index (χ1v) is 11.7. The highest BCUT2D eigenvalue weighted by molar-refractivity contribution is 6.04. The van der Waals surface area contributed by atoms with E-state index < -0.39 is 23.7 Å². The molecule has 2 N–H and O–H groups in total. The fraction of sp³-hybridized carbons (Fsp3) is 0.296. The summed E-state index contributed by atoms with van der Waals surface area (Å²) in [5.41, 5.74) is 1.77. The first-order valence-electron chi connectivity index (χ1n) is 11.7. The summed E-state index contributed by atoms with van der Waals surface area (Å²) in [5, 5.41) is 5.64. The van der Waals surface area contributed by atoms with Gasteiger partial charge in [0.1, 0.15) is 11.9 Å². The van der Waals surface area contributed by atoms with Crippen molar-refractivity contribution in [2.24, 2.45) is 0 Å². The van der Waals surface area contributed by atoms with Gasteiger partial charge in [-0.2, -0.15) is 0 Å². The summed E-state index contributed by atoms with van der Waals surface area (Å²) in [5.74, 6) is -1.74. The van der Waals surface area contributed by atoms with Gasteiger partial charge in [-0.15, -0.1) is 0 Å². The third kappa shape index (κ3) is 5.77. The number of rotatable bonds is 8. The van der Waals surface area contributed by atoms with Gasteiger partial charge in [-0.05, 0) is 61.2 Å². The molecule has 3 aromatic rings. The average Bonchev–Trinajstić information content (AvgIpc) is 3.57. The highest BCUT2D eigenvalue weighted by Crippen LogP contribution is 2.31. The van der Waals surface area contributed by atoms with Gasteiger partial charge in [-0.3, -0.25) is 19.3 Å². The van der Waals surface area contributed by atoms with Crippen molar-refractivity contribution < 1.29 is 23.2 Å². The summed E-state index contributed by atoms with van der Waals surface area (Å²) in [7, 11) is 0. The molecule has 0 saturated heterocycles. The maximum Gasteiger partial charge on any atom is 0.287 e. The van der Waals surface area contributed by atoms with Crippen molar-refractivity contribution >= 4 is 23.4 Å². The first-order chi connectivity index (χ1) is 16.9. The molecule has 1 aliphatic carbocycles. The topological polar surface area (TPSA) is 91.7 Å². The Hall–Kier alpha value is -3.94. The van der Waals surface area contributed by atoms with Gasteiger partial charge in [0.15, 0.2) is 5.76 Å². The van der Waals surface area contributed by atoms with E-state index in [1.807, 2.05) is 19.1 Å². The molecule has 7 nitrogen and oxygen atoms in total. The van der Waals surface area contributed by atoms with E-state index in [-0.39, 0.29) is 24.3 Å². The van der Waals surface area contributed by atoms with Crippen LogP contribution in [-0.4, -0.2) is 30.3 Å². The smallest absolute Gasteiger partial charge is 0.287 e. The second-order valence-electron chi connectivity index (χ2n) is 8.65. The number of halogens is 1. The number of hydrogen-bond donors (Lipinski definition) is 2. The number of hydrogen-bond acceptors (Lipinski definition) is 4. The summed E-state index contributed by atoms with van der Waals surface area (Å²) in [6.45, 7) is 1.48. The van der Waals surface area contributed by atoms with Crippen molar-refractivity contribution in [1.82, 2.24) is 10.6 Å². The second kappa shape index (κ2) is 11.0. The average molecular weight is 478 g/mol. The molecule has 182 valence electrons. The lowest BCUT2D eigenvalue weighted by Crippen LogP contribution is -2.49. The predicted molar refractivity (Wildman–Crippen MR) is 129 cm³/mol. The molecule has 0 aliphatic heterocycles. The van der Waals surface area contributed by atoms with Gasteiger partial charge in [-0.25, -0.2) is 4.39 Å². The summed E-state index contributed by atoms with van der Waals surface area (Å²) in [6, 6.07) is 14.8. The Morgan fingerprint density at radius 1 is 1.03 bits per heavy atom. The monoisotopic (exact) mass is 477 g/mol. The predicted octanol–water partition coefficient (Wildman–Crippen LogP) is 4.29. The molecule has 1 saturated carbocycles. The zero-order valence-corrected chi connectivity index (χ0v) is 19.5. The highest BCUT2D eigenvalue weighted by Gasteiger charge is 2.35. The lowest BCUT2D eigenvalue weighted by molar-refractivity contribution is -0.126. The van der Waals surface area contributed by atoms with Crippen LogP contribution in [0.25, 0.3) is 0 Å². The second-order valence-corrected chi connectivity index (χ2v) is 8.65. The third-order valence-corrected chi connectivity index (χ3v) is 6.18. The maximum absolute atomic E-state index is 13.7. The lowest BCUT2D eigenvalue weighted by Gasteiger charge is -2.33. The number of aryl methyl sites for hydroxylation is 1. The highest BCUT2D eigenvalue weighted by atomic mass is 19.1. The van der Waals surface area contributed by atoms with E-state index in [2.05, 4.69) is 10.6 Å². The number of carbonyl (C=O) groups is 3. The Morgan fingerprint density at radius 3 is 2.40 bits per heavy atom. The van der Waals surface area contributed by atoms with Gasteiger partial charge in [0.05, 0.1) is 12.8 Å². The van der Waals surface area contributed by atoms with Crippen molar-refractivity contribution in [2.75, 3.05) is 11.4 Å². The largest absolute Gasteiger partial charge is 0.459 e. The fourth-order valence-electron chi connectivity index (χ4n) is 4.40. The van der Waals surface area contributed by atoms with Gasteiger partial charge in [-0.1, -0.05) is 43.2 Å². The Bertz CT molecular complexity index is 1170. The number of amides is 3. The van der Waals surface area contributed by atoms with Crippen LogP contribution in [0.1, 0.15) is 53.4 Å². The molecule has 0 spiro atoms. The molecule has 0 radical (unpaired) electrons. The number of benzene rings is 2. The van der Waals surface area contributed by atoms with Crippen LogP contribution >= 0.6 is 0 Å². The molecule has 1 atom stereocenters. The minimum absolute atomic E-state index is 0.0259. The van der Waals surface area contributed by atoms with Crippen LogP contribution in [0.3, 0.4) is 0 Å². The summed E-state index contributed by atoms with van der Waals surface area (Å²) in [4.78, 5) is 41.0. The molecular formula is C27H28FN3O4. The lowest BCUT2D eigenvalue weighted by atomic mass is 10.0. The van der Waals surface area contributed by atoms with Crippen LogP contribution in [0.5, 0.6) is 0 Å². The van der Waals surface area contributed by atoms with Crippen LogP contribution in [-0.2, 0) is 9.59 Å². The number of nitrogens with zero attached hydrogens (tertiary/aromatic N) is 1.